The Morgan fingerprint density at radius 1 is 1.47 bits per heavy atom. The van der Waals surface area contributed by atoms with Gasteiger partial charge in [0.05, 0.1) is 0 Å². The van der Waals surface area contributed by atoms with Gasteiger partial charge in [-0.2, -0.15) is 0 Å². The van der Waals surface area contributed by atoms with Crippen molar-refractivity contribution in [2.24, 2.45) is 0 Å². The Labute approximate surface area is 89.0 Å². The number of amides is 1. The van der Waals surface area contributed by atoms with E-state index in [1.807, 2.05) is 6.92 Å². The summed E-state index contributed by atoms with van der Waals surface area (Å²) in [5, 5.41) is 6.69. The zero-order chi connectivity index (χ0) is 10.7. The summed E-state index contributed by atoms with van der Waals surface area (Å²) in [6.07, 6.45) is 7.38. The van der Waals surface area contributed by atoms with Gasteiger partial charge in [-0.1, -0.05) is 24.4 Å². The number of rotatable bonds is 2. The predicted molar refractivity (Wildman–Crippen MR) is 55.6 cm³/mol. The third-order valence-corrected chi connectivity index (χ3v) is 2.90. The summed E-state index contributed by atoms with van der Waals surface area (Å²) in [6.45, 7) is 1.83. The first kappa shape index (κ1) is 10.2. The third-order valence-electron chi connectivity index (χ3n) is 2.90. The second kappa shape index (κ2) is 4.47. The Balaban J connectivity index is 1.94. The van der Waals surface area contributed by atoms with Crippen molar-refractivity contribution in [1.29, 1.82) is 0 Å². The SMILES string of the molecule is Cc1conc1C(=O)NC1CCCCC1. The van der Waals surface area contributed by atoms with Crippen molar-refractivity contribution in [3.8, 4) is 0 Å². The molecule has 0 spiro atoms. The Kier molecular flexibility index (Phi) is 3.04. The third kappa shape index (κ3) is 2.37. The van der Waals surface area contributed by atoms with Crippen molar-refractivity contribution >= 4 is 5.91 Å². The molecule has 0 atom stereocenters. The molecule has 0 unspecified atom stereocenters. The minimum absolute atomic E-state index is 0.104. The van der Waals surface area contributed by atoms with Crippen molar-refractivity contribution in [3.63, 3.8) is 0 Å². The normalized spacial score (nSPS) is 17.7. The lowest BCUT2D eigenvalue weighted by atomic mass is 9.95. The molecule has 0 aliphatic heterocycles. The molecule has 1 amide bonds. The van der Waals surface area contributed by atoms with Crippen molar-refractivity contribution in [2.45, 2.75) is 45.1 Å². The zero-order valence-corrected chi connectivity index (χ0v) is 8.95. The van der Waals surface area contributed by atoms with Crippen LogP contribution in [0.2, 0.25) is 0 Å². The highest BCUT2D eigenvalue weighted by molar-refractivity contribution is 5.93. The first-order chi connectivity index (χ1) is 7.27. The van der Waals surface area contributed by atoms with Crippen molar-refractivity contribution < 1.29 is 9.32 Å². The van der Waals surface area contributed by atoms with Gasteiger partial charge in [0.15, 0.2) is 5.69 Å². The van der Waals surface area contributed by atoms with Gasteiger partial charge in [-0.15, -0.1) is 0 Å². The van der Waals surface area contributed by atoms with Gasteiger partial charge < -0.3 is 9.84 Å². The number of aromatic nitrogens is 1. The largest absolute Gasteiger partial charge is 0.364 e. The molecule has 0 radical (unpaired) electrons. The van der Waals surface area contributed by atoms with Crippen LogP contribution in [0.4, 0.5) is 0 Å². The van der Waals surface area contributed by atoms with E-state index in [0.29, 0.717) is 11.7 Å². The molecule has 1 aromatic heterocycles. The average Bonchev–Trinajstić information content (AvgIpc) is 2.66. The molecule has 82 valence electrons. The number of nitrogens with zero attached hydrogens (tertiary/aromatic N) is 1. The van der Waals surface area contributed by atoms with Gasteiger partial charge in [0.1, 0.15) is 6.26 Å². The van der Waals surface area contributed by atoms with Crippen LogP contribution in [0.25, 0.3) is 0 Å². The van der Waals surface area contributed by atoms with E-state index in [9.17, 15) is 4.79 Å². The van der Waals surface area contributed by atoms with Gasteiger partial charge >= 0.3 is 0 Å². The molecule has 2 rings (SSSR count). The maximum absolute atomic E-state index is 11.8. The van der Waals surface area contributed by atoms with Crippen LogP contribution in [0, 0.1) is 6.92 Å². The Bertz CT molecular complexity index is 340. The summed E-state index contributed by atoms with van der Waals surface area (Å²) in [5.74, 6) is -0.104. The van der Waals surface area contributed by atoms with Crippen LogP contribution in [0.3, 0.4) is 0 Å². The molecule has 1 heterocycles. The molecule has 1 aliphatic rings. The first-order valence-electron chi connectivity index (χ1n) is 5.49. The topological polar surface area (TPSA) is 55.1 Å². The van der Waals surface area contributed by atoms with Crippen LogP contribution in [-0.4, -0.2) is 17.1 Å². The number of hydrogen-bond donors (Lipinski definition) is 1. The Morgan fingerprint density at radius 3 is 2.80 bits per heavy atom. The summed E-state index contributed by atoms with van der Waals surface area (Å²) in [7, 11) is 0. The number of nitrogens with one attached hydrogen (secondary N) is 1. The molecule has 0 bridgehead atoms. The van der Waals surface area contributed by atoms with Crippen LogP contribution in [0.5, 0.6) is 0 Å². The molecule has 1 N–H and O–H groups in total. The minimum atomic E-state index is -0.104. The number of carbonyl (C=O) groups excluding carboxylic acids is 1. The molecule has 15 heavy (non-hydrogen) atoms. The van der Waals surface area contributed by atoms with E-state index < -0.39 is 0 Å². The van der Waals surface area contributed by atoms with E-state index in [2.05, 4.69) is 10.5 Å². The fourth-order valence-corrected chi connectivity index (χ4v) is 2.01. The minimum Gasteiger partial charge on any atom is -0.364 e. The summed E-state index contributed by atoms with van der Waals surface area (Å²) in [5.41, 5.74) is 1.21. The van der Waals surface area contributed by atoms with Crippen LogP contribution in [0.15, 0.2) is 10.8 Å². The number of aryl methyl sites for hydroxylation is 1. The maximum atomic E-state index is 11.8. The van der Waals surface area contributed by atoms with E-state index in [1.165, 1.54) is 25.5 Å². The summed E-state index contributed by atoms with van der Waals surface area (Å²) >= 11 is 0. The smallest absolute Gasteiger partial charge is 0.273 e. The van der Waals surface area contributed by atoms with Gasteiger partial charge in [-0.3, -0.25) is 4.79 Å². The molecule has 1 aliphatic carbocycles. The molecular weight excluding hydrogens is 192 g/mol. The van der Waals surface area contributed by atoms with Crippen molar-refractivity contribution in [2.75, 3.05) is 0 Å². The Hall–Kier alpha value is -1.32. The van der Waals surface area contributed by atoms with Crippen molar-refractivity contribution in [3.05, 3.63) is 17.5 Å². The Morgan fingerprint density at radius 2 is 2.20 bits per heavy atom. The summed E-state index contributed by atoms with van der Waals surface area (Å²) in [4.78, 5) is 11.8. The molecule has 4 heteroatoms. The molecule has 1 aromatic rings. The second-order valence-electron chi connectivity index (χ2n) is 4.15. The predicted octanol–water partition coefficient (Wildman–Crippen LogP) is 2.05. The molecular formula is C11H16N2O2. The highest BCUT2D eigenvalue weighted by Gasteiger charge is 2.19. The van der Waals surface area contributed by atoms with Crippen LogP contribution < -0.4 is 5.32 Å². The fourth-order valence-electron chi connectivity index (χ4n) is 2.01. The highest BCUT2D eigenvalue weighted by atomic mass is 16.5. The lowest BCUT2D eigenvalue weighted by Gasteiger charge is -2.22. The summed E-state index contributed by atoms with van der Waals surface area (Å²) in [6, 6.07) is 0.322. The second-order valence-corrected chi connectivity index (χ2v) is 4.15. The van der Waals surface area contributed by atoms with Gasteiger partial charge in [0, 0.05) is 11.6 Å². The first-order valence-corrected chi connectivity index (χ1v) is 5.49. The van der Waals surface area contributed by atoms with E-state index >= 15 is 0 Å². The molecule has 0 aromatic carbocycles. The van der Waals surface area contributed by atoms with E-state index in [-0.39, 0.29) is 5.91 Å². The van der Waals surface area contributed by atoms with E-state index in [1.54, 1.807) is 0 Å². The fraction of sp³-hybridized carbons (Fsp3) is 0.636. The maximum Gasteiger partial charge on any atom is 0.273 e. The van der Waals surface area contributed by atoms with Crippen LogP contribution >= 0.6 is 0 Å². The average molecular weight is 208 g/mol. The van der Waals surface area contributed by atoms with Gasteiger partial charge in [0.25, 0.3) is 5.91 Å². The van der Waals surface area contributed by atoms with Gasteiger partial charge in [0.2, 0.25) is 0 Å². The monoisotopic (exact) mass is 208 g/mol. The van der Waals surface area contributed by atoms with E-state index in [4.69, 9.17) is 4.52 Å². The standard InChI is InChI=1S/C11H16N2O2/c1-8-7-15-13-10(8)11(14)12-9-5-3-2-4-6-9/h7,9H,2-6H2,1H3,(H,12,14). The van der Waals surface area contributed by atoms with Crippen molar-refractivity contribution in [1.82, 2.24) is 10.5 Å². The number of hydrogen-bond acceptors (Lipinski definition) is 3. The lowest BCUT2D eigenvalue weighted by molar-refractivity contribution is 0.0918. The molecule has 0 saturated heterocycles. The van der Waals surface area contributed by atoms with Crippen LogP contribution in [-0.2, 0) is 0 Å². The molecule has 1 saturated carbocycles. The summed E-state index contributed by atoms with van der Waals surface area (Å²) < 4.78 is 4.74. The van der Waals surface area contributed by atoms with E-state index in [0.717, 1.165) is 18.4 Å². The van der Waals surface area contributed by atoms with Gasteiger partial charge in [-0.05, 0) is 19.8 Å². The zero-order valence-electron chi connectivity index (χ0n) is 8.95. The van der Waals surface area contributed by atoms with Crippen LogP contribution in [0.1, 0.15) is 48.2 Å². The van der Waals surface area contributed by atoms with Gasteiger partial charge in [-0.25, -0.2) is 0 Å². The number of carbonyl (C=O) groups is 1. The quantitative estimate of drug-likeness (QED) is 0.809. The molecule has 1 fully saturated rings. The lowest BCUT2D eigenvalue weighted by Crippen LogP contribution is -2.36. The highest BCUT2D eigenvalue weighted by Crippen LogP contribution is 2.18. The molecule has 4 nitrogen and oxygen atoms in total.